The number of hydrogen-bond acceptors (Lipinski definition) is 2. The molecule has 0 spiro atoms. The van der Waals surface area contributed by atoms with Gasteiger partial charge in [-0.15, -0.1) is 0 Å². The Morgan fingerprint density at radius 2 is 1.95 bits per heavy atom. The van der Waals surface area contributed by atoms with Crippen LogP contribution in [-0.4, -0.2) is 38.6 Å². The first-order valence-electron chi connectivity index (χ1n) is 7.54. The van der Waals surface area contributed by atoms with E-state index < -0.39 is 8.07 Å². The van der Waals surface area contributed by atoms with Gasteiger partial charge in [-0.2, -0.15) is 5.26 Å². The van der Waals surface area contributed by atoms with Crippen molar-refractivity contribution in [3.63, 3.8) is 0 Å². The second-order valence-corrected chi connectivity index (χ2v) is 11.9. The van der Waals surface area contributed by atoms with Gasteiger partial charge >= 0.3 is 6.03 Å². The lowest BCUT2D eigenvalue weighted by Gasteiger charge is -2.22. The number of nitriles is 1. The standard InChI is InChI=1S/C17H23N3OSi/c1-19-13-16(6-5-11-22(2,3)4)20(17(19)21)15-9-7-14(12-18)8-10-15/h5,7-11,16H,6,13H2,1-4H3/b11-5+/t16-/m0/s1. The molecule has 0 N–H and O–H groups in total. The molecular formula is C17H23N3OSi. The first-order chi connectivity index (χ1) is 10.3. The minimum Gasteiger partial charge on any atom is -0.325 e. The molecular weight excluding hydrogens is 290 g/mol. The Balaban J connectivity index is 2.19. The van der Waals surface area contributed by atoms with E-state index in [9.17, 15) is 4.79 Å². The summed E-state index contributed by atoms with van der Waals surface area (Å²) in [4.78, 5) is 16.0. The Kier molecular flexibility index (Phi) is 4.72. The summed E-state index contributed by atoms with van der Waals surface area (Å²) in [6.45, 7) is 7.63. The van der Waals surface area contributed by atoms with Gasteiger partial charge in [0.05, 0.1) is 25.7 Å². The smallest absolute Gasteiger partial charge is 0.324 e. The molecule has 1 aliphatic heterocycles. The molecule has 1 heterocycles. The van der Waals surface area contributed by atoms with Gasteiger partial charge in [-0.1, -0.05) is 31.4 Å². The molecule has 5 heteroatoms. The van der Waals surface area contributed by atoms with Gasteiger partial charge in [0.2, 0.25) is 0 Å². The Labute approximate surface area is 133 Å². The number of benzene rings is 1. The maximum Gasteiger partial charge on any atom is 0.324 e. The highest BCUT2D eigenvalue weighted by Crippen LogP contribution is 2.26. The SMILES string of the molecule is CN1C[C@H](C/C=C/[Si](C)(C)C)N(c2ccc(C#N)cc2)C1=O. The molecule has 0 radical (unpaired) electrons. The van der Waals surface area contributed by atoms with Crippen molar-refractivity contribution in [2.75, 3.05) is 18.5 Å². The van der Waals surface area contributed by atoms with Crippen LogP contribution in [0.4, 0.5) is 10.5 Å². The number of likely N-dealkylation sites (N-methyl/N-ethyl adjacent to an activating group) is 1. The fraction of sp³-hybridized carbons (Fsp3) is 0.412. The van der Waals surface area contributed by atoms with Crippen LogP contribution in [0.2, 0.25) is 19.6 Å². The number of amides is 2. The maximum atomic E-state index is 12.4. The van der Waals surface area contributed by atoms with Crippen LogP contribution in [0.25, 0.3) is 0 Å². The lowest BCUT2D eigenvalue weighted by Crippen LogP contribution is -2.34. The van der Waals surface area contributed by atoms with Gasteiger partial charge in [0, 0.05) is 19.3 Å². The Morgan fingerprint density at radius 1 is 1.32 bits per heavy atom. The third-order valence-corrected chi connectivity index (χ3v) is 4.92. The van der Waals surface area contributed by atoms with Crippen molar-refractivity contribution >= 4 is 19.8 Å². The number of hydrogen-bond donors (Lipinski definition) is 0. The van der Waals surface area contributed by atoms with E-state index in [-0.39, 0.29) is 12.1 Å². The van der Waals surface area contributed by atoms with Crippen molar-refractivity contribution in [3.8, 4) is 6.07 Å². The largest absolute Gasteiger partial charge is 0.325 e. The number of carbonyl (C=O) groups is 1. The normalized spacial score (nSPS) is 19.0. The molecule has 1 fully saturated rings. The van der Waals surface area contributed by atoms with Gasteiger partial charge in [-0.3, -0.25) is 4.90 Å². The topological polar surface area (TPSA) is 47.3 Å². The molecule has 1 aromatic carbocycles. The van der Waals surface area contributed by atoms with Gasteiger partial charge in [0.1, 0.15) is 0 Å². The molecule has 0 unspecified atom stereocenters. The Morgan fingerprint density at radius 3 is 2.50 bits per heavy atom. The van der Waals surface area contributed by atoms with Crippen molar-refractivity contribution in [1.29, 1.82) is 5.26 Å². The first kappa shape index (κ1) is 16.3. The van der Waals surface area contributed by atoms with E-state index in [1.165, 1.54) is 0 Å². The second-order valence-electron chi connectivity index (χ2n) is 6.85. The molecule has 2 amide bonds. The minimum atomic E-state index is -1.21. The average molecular weight is 313 g/mol. The summed E-state index contributed by atoms with van der Waals surface area (Å²) in [7, 11) is 0.624. The monoisotopic (exact) mass is 313 g/mol. The van der Waals surface area contributed by atoms with E-state index >= 15 is 0 Å². The third-order valence-electron chi connectivity index (χ3n) is 3.68. The molecule has 0 aliphatic carbocycles. The molecule has 1 aliphatic rings. The van der Waals surface area contributed by atoms with Gasteiger partial charge < -0.3 is 4.90 Å². The molecule has 0 saturated carbocycles. The lowest BCUT2D eigenvalue weighted by atomic mass is 10.1. The highest BCUT2D eigenvalue weighted by atomic mass is 28.3. The fourth-order valence-electron chi connectivity index (χ4n) is 2.59. The zero-order valence-corrected chi connectivity index (χ0v) is 14.7. The van der Waals surface area contributed by atoms with E-state index in [1.54, 1.807) is 17.0 Å². The predicted molar refractivity (Wildman–Crippen MR) is 92.6 cm³/mol. The van der Waals surface area contributed by atoms with Crippen LogP contribution in [0.3, 0.4) is 0 Å². The van der Waals surface area contributed by atoms with Crippen LogP contribution in [0.5, 0.6) is 0 Å². The molecule has 1 saturated heterocycles. The summed E-state index contributed by atoms with van der Waals surface area (Å²) in [6, 6.07) is 9.51. The van der Waals surface area contributed by atoms with E-state index in [0.717, 1.165) is 18.7 Å². The van der Waals surface area contributed by atoms with E-state index in [4.69, 9.17) is 5.26 Å². The molecule has 2 rings (SSSR count). The highest BCUT2D eigenvalue weighted by molar-refractivity contribution is 6.80. The average Bonchev–Trinajstić information content (AvgIpc) is 2.73. The summed E-state index contributed by atoms with van der Waals surface area (Å²) >= 11 is 0. The van der Waals surface area contributed by atoms with E-state index in [1.807, 2.05) is 24.1 Å². The van der Waals surface area contributed by atoms with Crippen LogP contribution >= 0.6 is 0 Å². The van der Waals surface area contributed by atoms with Crippen LogP contribution in [-0.2, 0) is 0 Å². The van der Waals surface area contributed by atoms with Gasteiger partial charge in [-0.25, -0.2) is 4.79 Å². The third kappa shape index (κ3) is 3.77. The summed E-state index contributed by atoms with van der Waals surface area (Å²) in [5.41, 5.74) is 3.80. The van der Waals surface area contributed by atoms with Crippen molar-refractivity contribution in [3.05, 3.63) is 41.6 Å². The Bertz CT molecular complexity index is 610. The van der Waals surface area contributed by atoms with Crippen molar-refractivity contribution < 1.29 is 4.79 Å². The van der Waals surface area contributed by atoms with Crippen LogP contribution in [0.15, 0.2) is 36.0 Å². The molecule has 22 heavy (non-hydrogen) atoms. The number of carbonyl (C=O) groups excluding carboxylic acids is 1. The predicted octanol–water partition coefficient (Wildman–Crippen LogP) is 3.62. The summed E-state index contributed by atoms with van der Waals surface area (Å²) in [5.74, 6) is 0. The zero-order chi connectivity index (χ0) is 16.3. The molecule has 0 bridgehead atoms. The van der Waals surface area contributed by atoms with Crippen LogP contribution in [0.1, 0.15) is 12.0 Å². The van der Waals surface area contributed by atoms with Crippen LogP contribution in [0, 0.1) is 11.3 Å². The minimum absolute atomic E-state index is 0.0242. The van der Waals surface area contributed by atoms with E-state index in [0.29, 0.717) is 5.56 Å². The quantitative estimate of drug-likeness (QED) is 0.797. The summed E-state index contributed by atoms with van der Waals surface area (Å²) in [5, 5.41) is 8.89. The van der Waals surface area contributed by atoms with Crippen molar-refractivity contribution in [2.24, 2.45) is 0 Å². The fourth-order valence-corrected chi connectivity index (χ4v) is 3.44. The number of anilines is 1. The Hall–Kier alpha value is -2.06. The van der Waals surface area contributed by atoms with Gasteiger partial charge in [0.15, 0.2) is 0 Å². The molecule has 116 valence electrons. The molecule has 1 aromatic rings. The second kappa shape index (κ2) is 6.37. The highest BCUT2D eigenvalue weighted by Gasteiger charge is 2.35. The number of nitrogens with zero attached hydrogens (tertiary/aromatic N) is 3. The molecule has 1 atom stereocenters. The molecule has 4 nitrogen and oxygen atoms in total. The molecule has 0 aromatic heterocycles. The van der Waals surface area contributed by atoms with Crippen molar-refractivity contribution in [2.45, 2.75) is 32.1 Å². The number of rotatable bonds is 4. The van der Waals surface area contributed by atoms with Crippen LogP contribution < -0.4 is 4.90 Å². The van der Waals surface area contributed by atoms with Gasteiger partial charge in [-0.05, 0) is 30.7 Å². The lowest BCUT2D eigenvalue weighted by molar-refractivity contribution is 0.229. The number of urea groups is 1. The summed E-state index contributed by atoms with van der Waals surface area (Å²) in [6.07, 6.45) is 3.08. The summed E-state index contributed by atoms with van der Waals surface area (Å²) < 4.78 is 0. The van der Waals surface area contributed by atoms with Crippen molar-refractivity contribution in [1.82, 2.24) is 4.90 Å². The first-order valence-corrected chi connectivity index (χ1v) is 11.1. The van der Waals surface area contributed by atoms with Gasteiger partial charge in [0.25, 0.3) is 0 Å². The zero-order valence-electron chi connectivity index (χ0n) is 13.7. The maximum absolute atomic E-state index is 12.4. The van der Waals surface area contributed by atoms with E-state index in [2.05, 4.69) is 37.5 Å².